The molecular weight excluding hydrogens is 347 g/mol. The summed E-state index contributed by atoms with van der Waals surface area (Å²) in [7, 11) is -1.43. The van der Waals surface area contributed by atoms with Crippen LogP contribution in [-0.4, -0.2) is 49.8 Å². The molecule has 2 heterocycles. The van der Waals surface area contributed by atoms with Gasteiger partial charge in [-0.3, -0.25) is 19.6 Å². The number of carboxylic acids is 1. The number of hydrogen-bond acceptors (Lipinski definition) is 7. The zero-order chi connectivity index (χ0) is 18.8. The molecular formula is C14H13BN4O7. The van der Waals surface area contributed by atoms with Crippen LogP contribution in [0.25, 0.3) is 0 Å². The number of carbonyl (C=O) groups excluding carboxylic acids is 1. The Hall–Kier alpha value is -3.41. The summed E-state index contributed by atoms with van der Waals surface area (Å²) in [5, 5.41) is 36.1. The van der Waals surface area contributed by atoms with Crippen LogP contribution in [0.3, 0.4) is 0 Å². The van der Waals surface area contributed by atoms with E-state index in [1.54, 1.807) is 12.1 Å². The molecule has 0 bridgehead atoms. The fourth-order valence-corrected chi connectivity index (χ4v) is 2.65. The summed E-state index contributed by atoms with van der Waals surface area (Å²) in [4.78, 5) is 33.3. The SMILES string of the molecule is O=C(Cn1cc([N+](=O)[O-])cn1)NC1Cc2cccc(C(=O)O)c2OB1O. The Morgan fingerprint density at radius 1 is 1.50 bits per heavy atom. The van der Waals surface area contributed by atoms with Gasteiger partial charge < -0.3 is 20.1 Å². The van der Waals surface area contributed by atoms with Crippen LogP contribution >= 0.6 is 0 Å². The summed E-state index contributed by atoms with van der Waals surface area (Å²) < 4.78 is 6.37. The molecule has 0 saturated heterocycles. The van der Waals surface area contributed by atoms with Gasteiger partial charge in [0.1, 0.15) is 24.7 Å². The maximum absolute atomic E-state index is 12.1. The molecule has 0 saturated carbocycles. The van der Waals surface area contributed by atoms with Crippen molar-refractivity contribution in [2.75, 3.05) is 0 Å². The number of rotatable bonds is 5. The molecule has 0 aliphatic carbocycles. The van der Waals surface area contributed by atoms with Crippen LogP contribution in [0, 0.1) is 10.1 Å². The second kappa shape index (κ2) is 6.84. The van der Waals surface area contributed by atoms with Gasteiger partial charge in [-0.15, -0.1) is 0 Å². The van der Waals surface area contributed by atoms with Crippen LogP contribution < -0.4 is 9.97 Å². The second-order valence-electron chi connectivity index (χ2n) is 5.64. The van der Waals surface area contributed by atoms with Crippen molar-refractivity contribution in [3.8, 4) is 5.75 Å². The number of carboxylic acid groups (broad SMARTS) is 1. The molecule has 1 atom stereocenters. The predicted octanol–water partition coefficient (Wildman–Crippen LogP) is -0.371. The molecule has 12 heteroatoms. The first-order valence-corrected chi connectivity index (χ1v) is 7.51. The molecule has 3 rings (SSSR count). The van der Waals surface area contributed by atoms with Gasteiger partial charge >= 0.3 is 18.8 Å². The van der Waals surface area contributed by atoms with Gasteiger partial charge in [0.2, 0.25) is 5.91 Å². The highest BCUT2D eigenvalue weighted by atomic mass is 16.6. The molecule has 1 aromatic carbocycles. The van der Waals surface area contributed by atoms with E-state index in [2.05, 4.69) is 10.4 Å². The van der Waals surface area contributed by atoms with E-state index in [1.807, 2.05) is 0 Å². The molecule has 3 N–H and O–H groups in total. The summed E-state index contributed by atoms with van der Waals surface area (Å²) in [6, 6.07) is 4.55. The number of nitro groups is 1. The fraction of sp³-hybridized carbons (Fsp3) is 0.214. The zero-order valence-corrected chi connectivity index (χ0v) is 13.2. The average molecular weight is 360 g/mol. The topological polar surface area (TPSA) is 157 Å². The highest BCUT2D eigenvalue weighted by molar-refractivity contribution is 6.47. The molecule has 1 unspecified atom stereocenters. The lowest BCUT2D eigenvalue weighted by molar-refractivity contribution is -0.385. The van der Waals surface area contributed by atoms with E-state index in [0.717, 1.165) is 17.1 Å². The van der Waals surface area contributed by atoms with E-state index in [-0.39, 0.29) is 30.0 Å². The summed E-state index contributed by atoms with van der Waals surface area (Å²) >= 11 is 0. The number of carbonyl (C=O) groups is 2. The number of fused-ring (bicyclic) bond motifs is 1. The number of nitrogens with zero attached hydrogens (tertiary/aromatic N) is 3. The summed E-state index contributed by atoms with van der Waals surface area (Å²) in [5.74, 6) is -2.45. The van der Waals surface area contributed by atoms with Gasteiger partial charge in [-0.2, -0.15) is 5.10 Å². The van der Waals surface area contributed by atoms with E-state index in [9.17, 15) is 24.7 Å². The Kier molecular flexibility index (Phi) is 4.58. The molecule has 0 radical (unpaired) electrons. The summed E-state index contributed by atoms with van der Waals surface area (Å²) in [6.45, 7) is -0.279. The molecule has 0 fully saturated rings. The van der Waals surface area contributed by atoms with E-state index in [1.165, 1.54) is 6.07 Å². The molecule has 1 aromatic heterocycles. The van der Waals surface area contributed by atoms with Crippen molar-refractivity contribution in [3.63, 3.8) is 0 Å². The Labute approximate surface area is 146 Å². The van der Waals surface area contributed by atoms with Crippen LogP contribution in [0.5, 0.6) is 5.75 Å². The lowest BCUT2D eigenvalue weighted by Gasteiger charge is -2.28. The minimum Gasteiger partial charge on any atom is -0.534 e. The van der Waals surface area contributed by atoms with Gasteiger partial charge in [-0.1, -0.05) is 12.1 Å². The number of hydrogen-bond donors (Lipinski definition) is 3. The summed E-state index contributed by atoms with van der Waals surface area (Å²) in [6.07, 6.45) is 2.31. The van der Waals surface area contributed by atoms with Gasteiger partial charge in [0.15, 0.2) is 0 Å². The third-order valence-corrected chi connectivity index (χ3v) is 3.83. The van der Waals surface area contributed by atoms with Crippen LogP contribution in [0.2, 0.25) is 0 Å². The predicted molar refractivity (Wildman–Crippen MR) is 86.5 cm³/mol. The number of nitrogens with one attached hydrogen (secondary N) is 1. The minimum absolute atomic E-state index is 0.0701. The number of amides is 1. The van der Waals surface area contributed by atoms with E-state index in [4.69, 9.17) is 9.76 Å². The van der Waals surface area contributed by atoms with E-state index in [0.29, 0.717) is 5.56 Å². The van der Waals surface area contributed by atoms with E-state index < -0.39 is 29.9 Å². The van der Waals surface area contributed by atoms with Crippen molar-refractivity contribution >= 4 is 24.7 Å². The largest absolute Gasteiger partial charge is 0.547 e. The number of aromatic nitrogens is 2. The molecule has 134 valence electrons. The maximum atomic E-state index is 12.1. The van der Waals surface area contributed by atoms with Gasteiger partial charge in [0, 0.05) is 0 Å². The van der Waals surface area contributed by atoms with E-state index >= 15 is 0 Å². The van der Waals surface area contributed by atoms with Crippen molar-refractivity contribution < 1.29 is 29.3 Å². The molecule has 1 aliphatic rings. The molecule has 1 aliphatic heterocycles. The number of aromatic carboxylic acids is 1. The molecule has 0 spiro atoms. The average Bonchev–Trinajstić information content (AvgIpc) is 3.03. The highest BCUT2D eigenvalue weighted by Crippen LogP contribution is 2.30. The second-order valence-corrected chi connectivity index (χ2v) is 5.64. The quantitative estimate of drug-likeness (QED) is 0.370. The third kappa shape index (κ3) is 3.49. The molecule has 11 nitrogen and oxygen atoms in total. The molecule has 1 amide bonds. The van der Waals surface area contributed by atoms with Crippen LogP contribution in [0.1, 0.15) is 15.9 Å². The zero-order valence-electron chi connectivity index (χ0n) is 13.2. The summed E-state index contributed by atoms with van der Waals surface area (Å²) in [5.41, 5.74) is 0.222. The smallest absolute Gasteiger partial charge is 0.534 e. The Morgan fingerprint density at radius 2 is 2.27 bits per heavy atom. The van der Waals surface area contributed by atoms with Crippen molar-refractivity contribution in [2.45, 2.75) is 18.9 Å². The number of benzene rings is 1. The monoisotopic (exact) mass is 360 g/mol. The first-order valence-electron chi connectivity index (χ1n) is 7.51. The number of para-hydroxylation sites is 1. The first-order chi connectivity index (χ1) is 12.3. The fourth-order valence-electron chi connectivity index (χ4n) is 2.65. The Balaban J connectivity index is 1.68. The third-order valence-electron chi connectivity index (χ3n) is 3.83. The van der Waals surface area contributed by atoms with Crippen molar-refractivity contribution in [2.24, 2.45) is 0 Å². The van der Waals surface area contributed by atoms with Crippen molar-refractivity contribution in [1.82, 2.24) is 15.1 Å². The maximum Gasteiger partial charge on any atom is 0.547 e. The van der Waals surface area contributed by atoms with Crippen LogP contribution in [-0.2, 0) is 17.8 Å². The Bertz CT molecular complexity index is 884. The van der Waals surface area contributed by atoms with Gasteiger partial charge in [0.25, 0.3) is 0 Å². The first kappa shape index (κ1) is 17.4. The van der Waals surface area contributed by atoms with Crippen molar-refractivity contribution in [1.29, 1.82) is 0 Å². The lowest BCUT2D eigenvalue weighted by Crippen LogP contribution is -2.53. The highest BCUT2D eigenvalue weighted by Gasteiger charge is 2.37. The minimum atomic E-state index is -1.43. The Morgan fingerprint density at radius 3 is 2.92 bits per heavy atom. The van der Waals surface area contributed by atoms with Crippen LogP contribution in [0.4, 0.5) is 5.69 Å². The normalized spacial score (nSPS) is 15.7. The van der Waals surface area contributed by atoms with Gasteiger partial charge in [0.05, 0.1) is 16.4 Å². The standard InChI is InChI=1S/C14H13BN4O7/c20-12(7-18-6-9(5-16-18)19(24)25)17-11-4-8-2-1-3-10(14(21)22)13(8)26-15(11)23/h1-3,5-6,11,23H,4,7H2,(H,17,20)(H,21,22). The molecule has 26 heavy (non-hydrogen) atoms. The van der Waals surface area contributed by atoms with Gasteiger partial charge in [-0.05, 0) is 18.1 Å². The lowest BCUT2D eigenvalue weighted by atomic mass is 9.72. The van der Waals surface area contributed by atoms with Gasteiger partial charge in [-0.25, -0.2) is 4.79 Å². The van der Waals surface area contributed by atoms with Crippen molar-refractivity contribution in [3.05, 3.63) is 51.8 Å². The molecule has 2 aromatic rings. The van der Waals surface area contributed by atoms with Crippen LogP contribution in [0.15, 0.2) is 30.6 Å².